The van der Waals surface area contributed by atoms with Crippen molar-refractivity contribution in [3.63, 3.8) is 0 Å². The number of rotatable bonds is 11. The molecule has 0 N–H and O–H groups in total. The number of carbonyl (C=O) groups excluding carboxylic acids is 1. The van der Waals surface area contributed by atoms with Gasteiger partial charge >= 0.3 is 0 Å². The predicted molar refractivity (Wildman–Crippen MR) is 124 cm³/mol. The third-order valence-corrected chi connectivity index (χ3v) is 5.10. The minimum atomic E-state index is -0.479. The standard InChI is InChI=1S/C25H29F2N5O/c1-5-13-31(14-6-2)17-24-29-28-23(16-30(3)4)32(24)22-15-20(27)11-12-21(22)25(33)18-7-9-19(26)10-8-18/h5,7-12,15H,1,6,13-14,16-17H2,2-4H3. The molecule has 0 radical (unpaired) electrons. The van der Waals surface area contributed by atoms with E-state index in [1.54, 1.807) is 4.57 Å². The van der Waals surface area contributed by atoms with Gasteiger partial charge in [0.25, 0.3) is 0 Å². The first-order valence-electron chi connectivity index (χ1n) is 10.8. The van der Waals surface area contributed by atoms with E-state index in [4.69, 9.17) is 0 Å². The molecule has 0 spiro atoms. The summed E-state index contributed by atoms with van der Waals surface area (Å²) < 4.78 is 29.6. The maximum atomic E-state index is 14.4. The van der Waals surface area contributed by atoms with Crippen molar-refractivity contribution in [2.45, 2.75) is 26.4 Å². The Kier molecular flexibility index (Phi) is 8.19. The molecule has 33 heavy (non-hydrogen) atoms. The van der Waals surface area contributed by atoms with Crippen molar-refractivity contribution in [2.24, 2.45) is 0 Å². The van der Waals surface area contributed by atoms with Crippen LogP contribution < -0.4 is 0 Å². The van der Waals surface area contributed by atoms with Crippen LogP contribution >= 0.6 is 0 Å². The molecular formula is C25H29F2N5O. The first-order chi connectivity index (χ1) is 15.8. The molecule has 0 amide bonds. The van der Waals surface area contributed by atoms with Crippen LogP contribution in [0.2, 0.25) is 0 Å². The molecule has 174 valence electrons. The van der Waals surface area contributed by atoms with Crippen molar-refractivity contribution in [3.8, 4) is 5.69 Å². The zero-order valence-electron chi connectivity index (χ0n) is 19.3. The normalized spacial score (nSPS) is 11.4. The van der Waals surface area contributed by atoms with Crippen molar-refractivity contribution in [1.29, 1.82) is 0 Å². The van der Waals surface area contributed by atoms with E-state index in [2.05, 4.69) is 28.6 Å². The molecule has 0 saturated carbocycles. The van der Waals surface area contributed by atoms with Crippen LogP contribution in [0.5, 0.6) is 0 Å². The Bertz CT molecular complexity index is 1110. The van der Waals surface area contributed by atoms with Crippen molar-refractivity contribution in [1.82, 2.24) is 24.6 Å². The summed E-state index contributed by atoms with van der Waals surface area (Å²) in [5.74, 6) is -0.0623. The lowest BCUT2D eigenvalue weighted by Gasteiger charge is -2.21. The van der Waals surface area contributed by atoms with Gasteiger partial charge in [0.2, 0.25) is 0 Å². The van der Waals surface area contributed by atoms with Crippen molar-refractivity contribution >= 4 is 5.78 Å². The van der Waals surface area contributed by atoms with Crippen molar-refractivity contribution in [2.75, 3.05) is 27.2 Å². The fourth-order valence-corrected chi connectivity index (χ4v) is 3.69. The molecule has 6 nitrogen and oxygen atoms in total. The average Bonchev–Trinajstić information content (AvgIpc) is 3.15. The van der Waals surface area contributed by atoms with Gasteiger partial charge in [0.15, 0.2) is 17.4 Å². The Hall–Kier alpha value is -3.23. The van der Waals surface area contributed by atoms with E-state index in [0.717, 1.165) is 13.0 Å². The number of nitrogens with zero attached hydrogens (tertiary/aromatic N) is 5. The van der Waals surface area contributed by atoms with Crippen molar-refractivity contribution < 1.29 is 13.6 Å². The van der Waals surface area contributed by atoms with Gasteiger partial charge in [-0.05, 0) is 69.5 Å². The molecule has 0 aliphatic heterocycles. The van der Waals surface area contributed by atoms with Gasteiger partial charge in [-0.15, -0.1) is 16.8 Å². The second-order valence-corrected chi connectivity index (χ2v) is 8.13. The minimum Gasteiger partial charge on any atom is -0.302 e. The molecule has 0 aliphatic carbocycles. The third-order valence-electron chi connectivity index (χ3n) is 5.10. The Morgan fingerprint density at radius 3 is 2.27 bits per heavy atom. The molecule has 0 saturated heterocycles. The molecular weight excluding hydrogens is 424 g/mol. The molecule has 0 unspecified atom stereocenters. The van der Waals surface area contributed by atoms with Gasteiger partial charge in [-0.2, -0.15) is 0 Å². The Morgan fingerprint density at radius 1 is 1.03 bits per heavy atom. The first-order valence-corrected chi connectivity index (χ1v) is 10.8. The summed E-state index contributed by atoms with van der Waals surface area (Å²) in [6, 6.07) is 9.33. The summed E-state index contributed by atoms with van der Waals surface area (Å²) in [5, 5.41) is 8.75. The maximum Gasteiger partial charge on any atom is 0.195 e. The lowest BCUT2D eigenvalue weighted by molar-refractivity contribution is 0.103. The minimum absolute atomic E-state index is 0.287. The number of benzene rings is 2. The van der Waals surface area contributed by atoms with Crippen LogP contribution in [-0.2, 0) is 13.1 Å². The Morgan fingerprint density at radius 2 is 1.67 bits per heavy atom. The highest BCUT2D eigenvalue weighted by Crippen LogP contribution is 2.24. The molecule has 0 fully saturated rings. The second-order valence-electron chi connectivity index (χ2n) is 8.13. The van der Waals surface area contributed by atoms with Crippen LogP contribution in [-0.4, -0.2) is 57.5 Å². The van der Waals surface area contributed by atoms with Gasteiger partial charge in [-0.3, -0.25) is 14.3 Å². The number of aromatic nitrogens is 3. The predicted octanol–water partition coefficient (Wildman–Crippen LogP) is 4.24. The highest BCUT2D eigenvalue weighted by molar-refractivity contribution is 6.11. The lowest BCUT2D eigenvalue weighted by Crippen LogP contribution is -2.26. The topological polar surface area (TPSA) is 54.3 Å². The lowest BCUT2D eigenvalue weighted by atomic mass is 10.0. The molecule has 3 rings (SSSR count). The van der Waals surface area contributed by atoms with E-state index >= 15 is 0 Å². The summed E-state index contributed by atoms with van der Waals surface area (Å²) in [5.41, 5.74) is 0.957. The van der Waals surface area contributed by atoms with Crippen LogP contribution in [0.15, 0.2) is 55.1 Å². The SMILES string of the molecule is C=CCN(CCC)Cc1nnc(CN(C)C)n1-c1cc(F)ccc1C(=O)c1ccc(F)cc1. The fourth-order valence-electron chi connectivity index (χ4n) is 3.69. The largest absolute Gasteiger partial charge is 0.302 e. The van der Waals surface area contributed by atoms with E-state index in [-0.39, 0.29) is 11.3 Å². The smallest absolute Gasteiger partial charge is 0.195 e. The van der Waals surface area contributed by atoms with E-state index < -0.39 is 11.6 Å². The van der Waals surface area contributed by atoms with Gasteiger partial charge in [-0.25, -0.2) is 8.78 Å². The monoisotopic (exact) mass is 453 g/mol. The fraction of sp³-hybridized carbons (Fsp3) is 0.320. The summed E-state index contributed by atoms with van der Waals surface area (Å²) >= 11 is 0. The second kappa shape index (κ2) is 11.1. The van der Waals surface area contributed by atoms with Crippen LogP contribution in [0.1, 0.15) is 40.9 Å². The zero-order chi connectivity index (χ0) is 24.0. The highest BCUT2D eigenvalue weighted by Gasteiger charge is 2.23. The molecule has 8 heteroatoms. The van der Waals surface area contributed by atoms with Gasteiger partial charge in [0, 0.05) is 17.7 Å². The quantitative estimate of drug-likeness (QED) is 0.321. The molecule has 1 heterocycles. The van der Waals surface area contributed by atoms with Crippen LogP contribution in [0.4, 0.5) is 8.78 Å². The molecule has 0 aliphatic rings. The van der Waals surface area contributed by atoms with E-state index in [1.165, 1.54) is 42.5 Å². The number of hydrogen-bond donors (Lipinski definition) is 0. The number of ketones is 1. The summed E-state index contributed by atoms with van der Waals surface area (Å²) in [6.07, 6.45) is 2.77. The van der Waals surface area contributed by atoms with E-state index in [9.17, 15) is 13.6 Å². The van der Waals surface area contributed by atoms with E-state index in [1.807, 2.05) is 25.1 Å². The van der Waals surface area contributed by atoms with Gasteiger partial charge in [-0.1, -0.05) is 13.0 Å². The number of hydrogen-bond acceptors (Lipinski definition) is 5. The molecule has 3 aromatic rings. The van der Waals surface area contributed by atoms with Crippen molar-refractivity contribution in [3.05, 3.63) is 89.5 Å². The molecule has 2 aromatic carbocycles. The van der Waals surface area contributed by atoms with E-state index in [0.29, 0.717) is 42.5 Å². The maximum absolute atomic E-state index is 14.4. The van der Waals surface area contributed by atoms with Crippen LogP contribution in [0.25, 0.3) is 5.69 Å². The molecule has 1 aromatic heterocycles. The Labute approximate surface area is 193 Å². The third kappa shape index (κ3) is 5.97. The summed E-state index contributed by atoms with van der Waals surface area (Å²) in [6.45, 7) is 8.31. The molecule has 0 bridgehead atoms. The molecule has 0 atom stereocenters. The number of halogens is 2. The average molecular weight is 454 g/mol. The highest BCUT2D eigenvalue weighted by atomic mass is 19.1. The number of carbonyl (C=O) groups is 1. The van der Waals surface area contributed by atoms with Crippen LogP contribution in [0.3, 0.4) is 0 Å². The van der Waals surface area contributed by atoms with Gasteiger partial charge in [0.1, 0.15) is 11.6 Å². The van der Waals surface area contributed by atoms with Gasteiger partial charge < -0.3 is 4.90 Å². The summed E-state index contributed by atoms with van der Waals surface area (Å²) in [4.78, 5) is 17.4. The first kappa shape index (κ1) is 24.4. The zero-order valence-corrected chi connectivity index (χ0v) is 19.3. The van der Waals surface area contributed by atoms with Crippen LogP contribution in [0, 0.1) is 11.6 Å². The van der Waals surface area contributed by atoms with Gasteiger partial charge in [0.05, 0.1) is 18.8 Å². The Balaban J connectivity index is 2.14. The summed E-state index contributed by atoms with van der Waals surface area (Å²) in [7, 11) is 3.80.